The summed E-state index contributed by atoms with van der Waals surface area (Å²) in [4.78, 5) is 26.0. The molecule has 1 fully saturated rings. The summed E-state index contributed by atoms with van der Waals surface area (Å²) in [6.45, 7) is 0.0229. The topological polar surface area (TPSA) is 102 Å². The first-order chi connectivity index (χ1) is 15.2. The van der Waals surface area contributed by atoms with E-state index < -0.39 is 0 Å². The van der Waals surface area contributed by atoms with Crippen molar-refractivity contribution in [3.63, 3.8) is 0 Å². The molecule has 0 spiro atoms. The molecule has 160 valence electrons. The summed E-state index contributed by atoms with van der Waals surface area (Å²) in [5.41, 5.74) is 2.40. The monoisotopic (exact) mass is 418 g/mol. The SMILES string of the molecule is O=C(CCc1ccccc1)Nc1ccccc1-c1nnn(CC(=O)NC2CCCC2)n1. The maximum Gasteiger partial charge on any atom is 0.243 e. The van der Waals surface area contributed by atoms with E-state index in [-0.39, 0.29) is 24.4 Å². The Morgan fingerprint density at radius 1 is 0.968 bits per heavy atom. The zero-order valence-corrected chi connectivity index (χ0v) is 17.3. The molecule has 4 rings (SSSR count). The molecule has 1 saturated carbocycles. The molecule has 8 nitrogen and oxygen atoms in total. The van der Waals surface area contributed by atoms with Crippen LogP contribution < -0.4 is 10.6 Å². The lowest BCUT2D eigenvalue weighted by Crippen LogP contribution is -2.35. The standard InChI is InChI=1S/C23H26N6O2/c30-21(15-14-17-8-2-1-3-9-17)25-20-13-7-6-12-19(20)23-26-28-29(27-23)16-22(31)24-18-10-4-5-11-18/h1-3,6-9,12-13,18H,4-5,10-11,14-16H2,(H,24,31)(H,25,30). The summed E-state index contributed by atoms with van der Waals surface area (Å²) in [5, 5.41) is 18.4. The number of nitrogens with one attached hydrogen (secondary N) is 2. The first kappa shape index (κ1) is 20.7. The Kier molecular flexibility index (Phi) is 6.66. The van der Waals surface area contributed by atoms with Crippen LogP contribution in [0.4, 0.5) is 5.69 Å². The van der Waals surface area contributed by atoms with Gasteiger partial charge in [0.05, 0.1) is 5.69 Å². The molecule has 0 radical (unpaired) electrons. The van der Waals surface area contributed by atoms with Crippen molar-refractivity contribution in [3.05, 3.63) is 60.2 Å². The summed E-state index contributed by atoms with van der Waals surface area (Å²) in [6, 6.07) is 17.5. The highest BCUT2D eigenvalue weighted by atomic mass is 16.2. The van der Waals surface area contributed by atoms with Crippen molar-refractivity contribution in [2.45, 2.75) is 51.1 Å². The van der Waals surface area contributed by atoms with Gasteiger partial charge in [-0.2, -0.15) is 4.80 Å². The first-order valence-electron chi connectivity index (χ1n) is 10.7. The third-order valence-electron chi connectivity index (χ3n) is 5.38. The van der Waals surface area contributed by atoms with E-state index in [1.54, 1.807) is 0 Å². The highest BCUT2D eigenvalue weighted by Gasteiger charge is 2.18. The second-order valence-electron chi connectivity index (χ2n) is 7.77. The number of aryl methyl sites for hydroxylation is 1. The van der Waals surface area contributed by atoms with Crippen LogP contribution in [0.5, 0.6) is 0 Å². The lowest BCUT2D eigenvalue weighted by Gasteiger charge is -2.10. The van der Waals surface area contributed by atoms with Crippen LogP contribution in [0.3, 0.4) is 0 Å². The van der Waals surface area contributed by atoms with Crippen molar-refractivity contribution in [2.24, 2.45) is 0 Å². The number of aromatic nitrogens is 4. The lowest BCUT2D eigenvalue weighted by molar-refractivity contribution is -0.122. The van der Waals surface area contributed by atoms with Gasteiger partial charge in [0.1, 0.15) is 6.54 Å². The fraction of sp³-hybridized carbons (Fsp3) is 0.348. The molecular formula is C23H26N6O2. The number of carbonyl (C=O) groups is 2. The number of carbonyl (C=O) groups excluding carboxylic acids is 2. The average Bonchev–Trinajstić information content (AvgIpc) is 3.46. The molecule has 2 aromatic carbocycles. The summed E-state index contributed by atoms with van der Waals surface area (Å²) < 4.78 is 0. The van der Waals surface area contributed by atoms with Gasteiger partial charge < -0.3 is 10.6 Å². The van der Waals surface area contributed by atoms with Crippen molar-refractivity contribution in [3.8, 4) is 11.4 Å². The van der Waals surface area contributed by atoms with Crippen LogP contribution in [-0.4, -0.2) is 38.1 Å². The predicted molar refractivity (Wildman–Crippen MR) is 117 cm³/mol. The molecule has 1 heterocycles. The third-order valence-corrected chi connectivity index (χ3v) is 5.38. The molecule has 2 amide bonds. The lowest BCUT2D eigenvalue weighted by atomic mass is 10.1. The van der Waals surface area contributed by atoms with E-state index >= 15 is 0 Å². The fourth-order valence-corrected chi connectivity index (χ4v) is 3.79. The predicted octanol–water partition coefficient (Wildman–Crippen LogP) is 2.97. The zero-order chi connectivity index (χ0) is 21.5. The van der Waals surface area contributed by atoms with Crippen molar-refractivity contribution in [2.75, 3.05) is 5.32 Å². The minimum Gasteiger partial charge on any atom is -0.352 e. The zero-order valence-electron chi connectivity index (χ0n) is 17.3. The fourth-order valence-electron chi connectivity index (χ4n) is 3.79. The highest BCUT2D eigenvalue weighted by molar-refractivity contribution is 5.94. The normalized spacial score (nSPS) is 13.8. The van der Waals surface area contributed by atoms with Crippen LogP contribution in [-0.2, 0) is 22.6 Å². The molecule has 0 bridgehead atoms. The van der Waals surface area contributed by atoms with Gasteiger partial charge in [0.15, 0.2) is 0 Å². The van der Waals surface area contributed by atoms with Crippen LogP contribution in [0.1, 0.15) is 37.7 Å². The Hall–Kier alpha value is -3.55. The van der Waals surface area contributed by atoms with Gasteiger partial charge in [-0.25, -0.2) is 0 Å². The molecule has 2 N–H and O–H groups in total. The Bertz CT molecular complexity index is 1030. The van der Waals surface area contributed by atoms with Gasteiger partial charge in [-0.1, -0.05) is 55.3 Å². The van der Waals surface area contributed by atoms with E-state index in [1.165, 1.54) is 4.80 Å². The maximum atomic E-state index is 12.5. The Morgan fingerprint density at radius 2 is 1.71 bits per heavy atom. The van der Waals surface area contributed by atoms with Crippen molar-refractivity contribution in [1.82, 2.24) is 25.5 Å². The second kappa shape index (κ2) is 9.97. The van der Waals surface area contributed by atoms with Crippen molar-refractivity contribution >= 4 is 17.5 Å². The minimum atomic E-state index is -0.113. The largest absolute Gasteiger partial charge is 0.352 e. The van der Waals surface area contributed by atoms with Crippen LogP contribution in [0, 0.1) is 0 Å². The van der Waals surface area contributed by atoms with Crippen molar-refractivity contribution in [1.29, 1.82) is 0 Å². The van der Waals surface area contributed by atoms with E-state index in [1.807, 2.05) is 54.6 Å². The number of rotatable bonds is 8. The molecule has 1 aliphatic carbocycles. The third kappa shape index (κ3) is 5.75. The highest BCUT2D eigenvalue weighted by Crippen LogP contribution is 2.24. The van der Waals surface area contributed by atoms with E-state index in [0.717, 1.165) is 31.2 Å². The number of benzene rings is 2. The smallest absolute Gasteiger partial charge is 0.243 e. The summed E-state index contributed by atoms with van der Waals surface area (Å²) >= 11 is 0. The molecule has 8 heteroatoms. The molecule has 3 aromatic rings. The minimum absolute atomic E-state index is 0.0229. The van der Waals surface area contributed by atoms with Crippen molar-refractivity contribution < 1.29 is 9.59 Å². The molecular weight excluding hydrogens is 392 g/mol. The number of tetrazole rings is 1. The molecule has 1 aliphatic rings. The second-order valence-corrected chi connectivity index (χ2v) is 7.77. The van der Waals surface area contributed by atoms with Crippen LogP contribution >= 0.6 is 0 Å². The van der Waals surface area contributed by atoms with Crippen LogP contribution in [0.25, 0.3) is 11.4 Å². The van der Waals surface area contributed by atoms with Gasteiger partial charge in [0.2, 0.25) is 17.6 Å². The van der Waals surface area contributed by atoms with Gasteiger partial charge in [-0.3, -0.25) is 9.59 Å². The number of amides is 2. The number of nitrogens with zero attached hydrogens (tertiary/aromatic N) is 4. The van der Waals surface area contributed by atoms with Gasteiger partial charge in [0, 0.05) is 18.0 Å². The molecule has 0 atom stereocenters. The Labute approximate surface area is 181 Å². The summed E-state index contributed by atoms with van der Waals surface area (Å²) in [6.07, 6.45) is 5.41. The van der Waals surface area contributed by atoms with Gasteiger partial charge in [-0.15, -0.1) is 10.2 Å². The number of hydrogen-bond donors (Lipinski definition) is 2. The maximum absolute atomic E-state index is 12.5. The van der Waals surface area contributed by atoms with E-state index in [0.29, 0.717) is 29.9 Å². The quantitative estimate of drug-likeness (QED) is 0.586. The average molecular weight is 419 g/mol. The van der Waals surface area contributed by atoms with Crippen LogP contribution in [0.2, 0.25) is 0 Å². The number of anilines is 1. The molecule has 31 heavy (non-hydrogen) atoms. The van der Waals surface area contributed by atoms with Gasteiger partial charge in [-0.05, 0) is 42.2 Å². The number of para-hydroxylation sites is 1. The first-order valence-corrected chi connectivity index (χ1v) is 10.7. The van der Waals surface area contributed by atoms with Crippen LogP contribution in [0.15, 0.2) is 54.6 Å². The molecule has 1 aromatic heterocycles. The van der Waals surface area contributed by atoms with Gasteiger partial charge in [0.25, 0.3) is 0 Å². The van der Waals surface area contributed by atoms with E-state index in [9.17, 15) is 9.59 Å². The van der Waals surface area contributed by atoms with Gasteiger partial charge >= 0.3 is 0 Å². The van der Waals surface area contributed by atoms with E-state index in [4.69, 9.17) is 0 Å². The molecule has 0 unspecified atom stereocenters. The summed E-state index contributed by atoms with van der Waals surface area (Å²) in [7, 11) is 0. The summed E-state index contributed by atoms with van der Waals surface area (Å²) in [5.74, 6) is 0.172. The molecule has 0 aliphatic heterocycles. The molecule has 0 saturated heterocycles. The Morgan fingerprint density at radius 3 is 2.52 bits per heavy atom. The van der Waals surface area contributed by atoms with E-state index in [2.05, 4.69) is 26.0 Å². The number of hydrogen-bond acceptors (Lipinski definition) is 5. The Balaban J connectivity index is 1.37.